The molecular formula is C17H29N5. The van der Waals surface area contributed by atoms with Crippen LogP contribution in [0.25, 0.3) is 16.8 Å². The summed E-state index contributed by atoms with van der Waals surface area (Å²) in [6.45, 7) is 12.8. The monoisotopic (exact) mass is 303 g/mol. The molecule has 2 N–H and O–H groups in total. The maximum absolute atomic E-state index is 4.20. The van der Waals surface area contributed by atoms with Crippen molar-refractivity contribution in [3.8, 4) is 0 Å². The molecule has 122 valence electrons. The molecule has 3 aromatic heterocycles. The van der Waals surface area contributed by atoms with Gasteiger partial charge in [-0.3, -0.25) is 4.40 Å². The second-order valence-electron chi connectivity index (χ2n) is 4.72. The van der Waals surface area contributed by atoms with E-state index >= 15 is 0 Å². The Morgan fingerprint density at radius 3 is 2.55 bits per heavy atom. The van der Waals surface area contributed by atoms with Crippen LogP contribution in [0.5, 0.6) is 0 Å². The number of imidazole rings is 1. The van der Waals surface area contributed by atoms with E-state index in [0.29, 0.717) is 0 Å². The Bertz CT molecular complexity index is 585. The lowest BCUT2D eigenvalue weighted by atomic mass is 10.2. The average molecular weight is 303 g/mol. The van der Waals surface area contributed by atoms with Crippen LogP contribution in [0.3, 0.4) is 0 Å². The van der Waals surface area contributed by atoms with Crippen molar-refractivity contribution >= 4 is 16.8 Å². The number of fused-ring (bicyclic) bond motifs is 3. The topological polar surface area (TPSA) is 58.0 Å². The lowest BCUT2D eigenvalue weighted by molar-refractivity contribution is 0.651. The zero-order valence-corrected chi connectivity index (χ0v) is 14.4. The van der Waals surface area contributed by atoms with E-state index in [-0.39, 0.29) is 0 Å². The van der Waals surface area contributed by atoms with Crippen molar-refractivity contribution in [1.29, 1.82) is 0 Å². The molecule has 4 heterocycles. The highest BCUT2D eigenvalue weighted by atomic mass is 15.0. The molecule has 3 aromatic rings. The maximum Gasteiger partial charge on any atom is 0.155 e. The normalized spacial score (nSPS) is 16.1. The van der Waals surface area contributed by atoms with Crippen LogP contribution in [-0.2, 0) is 0 Å². The van der Waals surface area contributed by atoms with E-state index in [2.05, 4.69) is 27.2 Å². The molecule has 0 aliphatic carbocycles. The predicted molar refractivity (Wildman–Crippen MR) is 94.2 cm³/mol. The fourth-order valence-corrected chi connectivity index (χ4v) is 2.19. The molecule has 22 heavy (non-hydrogen) atoms. The maximum atomic E-state index is 4.20. The number of nitrogens with one attached hydrogen (secondary N) is 2. The lowest BCUT2D eigenvalue weighted by Crippen LogP contribution is -2.06. The molecule has 0 bridgehead atoms. The van der Waals surface area contributed by atoms with E-state index in [1.165, 1.54) is 19.5 Å². The summed E-state index contributed by atoms with van der Waals surface area (Å²) >= 11 is 0. The van der Waals surface area contributed by atoms with Crippen LogP contribution in [0.4, 0.5) is 0 Å². The number of rotatable bonds is 0. The van der Waals surface area contributed by atoms with Gasteiger partial charge in [0.1, 0.15) is 0 Å². The highest BCUT2D eigenvalue weighted by Crippen LogP contribution is 2.10. The van der Waals surface area contributed by atoms with Crippen LogP contribution in [0.15, 0.2) is 30.9 Å². The summed E-state index contributed by atoms with van der Waals surface area (Å²) in [7, 11) is 0. The molecule has 1 fully saturated rings. The number of hydrogen-bond acceptors (Lipinski definition) is 3. The van der Waals surface area contributed by atoms with Gasteiger partial charge in [0.25, 0.3) is 0 Å². The van der Waals surface area contributed by atoms with Crippen molar-refractivity contribution in [3.05, 3.63) is 30.9 Å². The van der Waals surface area contributed by atoms with Crippen LogP contribution in [0, 0.1) is 5.92 Å². The summed E-state index contributed by atoms with van der Waals surface area (Å²) in [6.07, 6.45) is 8.69. The van der Waals surface area contributed by atoms with Crippen LogP contribution in [0.2, 0.25) is 0 Å². The predicted octanol–water partition coefficient (Wildman–Crippen LogP) is 3.88. The van der Waals surface area contributed by atoms with Gasteiger partial charge >= 0.3 is 0 Å². The third-order valence-corrected chi connectivity index (χ3v) is 3.25. The molecule has 5 nitrogen and oxygen atoms in total. The molecule has 1 unspecified atom stereocenters. The first-order valence-corrected chi connectivity index (χ1v) is 8.30. The number of nitrogens with zero attached hydrogens (tertiary/aromatic N) is 3. The van der Waals surface area contributed by atoms with Gasteiger partial charge in [0.2, 0.25) is 0 Å². The highest BCUT2D eigenvalue weighted by molar-refractivity contribution is 5.73. The van der Waals surface area contributed by atoms with E-state index in [1.54, 1.807) is 12.4 Å². The quantitative estimate of drug-likeness (QED) is 0.662. The van der Waals surface area contributed by atoms with Gasteiger partial charge in [-0.25, -0.2) is 9.97 Å². The van der Waals surface area contributed by atoms with Crippen molar-refractivity contribution in [2.75, 3.05) is 13.1 Å². The minimum atomic E-state index is 0.877. The van der Waals surface area contributed by atoms with Gasteiger partial charge < -0.3 is 10.3 Å². The molecule has 0 aromatic carbocycles. The minimum Gasteiger partial charge on any atom is -0.345 e. The van der Waals surface area contributed by atoms with Crippen molar-refractivity contribution < 1.29 is 0 Å². The summed E-state index contributed by atoms with van der Waals surface area (Å²) < 4.78 is 2.00. The third kappa shape index (κ3) is 4.56. The fourth-order valence-electron chi connectivity index (χ4n) is 2.19. The molecule has 1 aliphatic rings. The number of hydrogen-bond donors (Lipinski definition) is 2. The van der Waals surface area contributed by atoms with E-state index in [4.69, 9.17) is 0 Å². The Morgan fingerprint density at radius 2 is 1.95 bits per heavy atom. The van der Waals surface area contributed by atoms with E-state index in [9.17, 15) is 0 Å². The Hall–Kier alpha value is -1.88. The first kappa shape index (κ1) is 18.2. The first-order valence-electron chi connectivity index (χ1n) is 8.30. The number of aromatic amines is 1. The minimum absolute atomic E-state index is 0.877. The number of aromatic nitrogens is 4. The molecule has 1 saturated heterocycles. The highest BCUT2D eigenvalue weighted by Gasteiger charge is 2.06. The van der Waals surface area contributed by atoms with Gasteiger partial charge in [0.05, 0.1) is 11.7 Å². The zero-order valence-electron chi connectivity index (χ0n) is 14.4. The standard InChI is InChI=1S/C8H6N4.C5H11N.2C2H6/c1-2-10-8-6(1)12-4-3-9-7(12)5-11-8;1-5-2-3-6-4-5;2*1-2/h1-5,10H;5-6H,2-4H2,1H3;2*1-2H3. The summed E-state index contributed by atoms with van der Waals surface area (Å²) in [5, 5.41) is 3.27. The van der Waals surface area contributed by atoms with Gasteiger partial charge in [-0.05, 0) is 31.5 Å². The van der Waals surface area contributed by atoms with Crippen LogP contribution >= 0.6 is 0 Å². The molecule has 0 saturated carbocycles. The largest absolute Gasteiger partial charge is 0.345 e. The van der Waals surface area contributed by atoms with Gasteiger partial charge in [-0.15, -0.1) is 0 Å². The van der Waals surface area contributed by atoms with Crippen molar-refractivity contribution in [1.82, 2.24) is 24.7 Å². The molecule has 0 spiro atoms. The number of H-pyrrole nitrogens is 1. The van der Waals surface area contributed by atoms with E-state index in [0.717, 1.165) is 22.7 Å². The smallest absolute Gasteiger partial charge is 0.155 e. The molecule has 0 radical (unpaired) electrons. The first-order chi connectivity index (χ1) is 10.8. The molecule has 5 heteroatoms. The summed E-state index contributed by atoms with van der Waals surface area (Å²) in [5.74, 6) is 0.935. The molecule has 0 amide bonds. The fraction of sp³-hybridized carbons (Fsp3) is 0.529. The van der Waals surface area contributed by atoms with Crippen molar-refractivity contribution in [3.63, 3.8) is 0 Å². The second-order valence-corrected chi connectivity index (χ2v) is 4.72. The van der Waals surface area contributed by atoms with Gasteiger partial charge in [-0.1, -0.05) is 34.6 Å². The Balaban J connectivity index is 0.000000206. The molecule has 1 atom stereocenters. The molecular weight excluding hydrogens is 274 g/mol. The van der Waals surface area contributed by atoms with Gasteiger partial charge in [0.15, 0.2) is 11.3 Å². The summed E-state index contributed by atoms with van der Waals surface area (Å²) in [6, 6.07) is 1.98. The Kier molecular flexibility index (Phi) is 8.22. The van der Waals surface area contributed by atoms with Crippen LogP contribution in [-0.4, -0.2) is 32.4 Å². The van der Waals surface area contributed by atoms with E-state index in [1.807, 2.05) is 50.6 Å². The van der Waals surface area contributed by atoms with Gasteiger partial charge in [-0.2, -0.15) is 0 Å². The van der Waals surface area contributed by atoms with Crippen molar-refractivity contribution in [2.24, 2.45) is 5.92 Å². The summed E-state index contributed by atoms with van der Waals surface area (Å²) in [4.78, 5) is 11.4. The van der Waals surface area contributed by atoms with E-state index < -0.39 is 0 Å². The third-order valence-electron chi connectivity index (χ3n) is 3.25. The van der Waals surface area contributed by atoms with Crippen molar-refractivity contribution in [2.45, 2.75) is 41.0 Å². The molecule has 1 aliphatic heterocycles. The summed E-state index contributed by atoms with van der Waals surface area (Å²) in [5.41, 5.74) is 2.83. The Labute approximate surface area is 133 Å². The lowest BCUT2D eigenvalue weighted by Gasteiger charge is -1.93. The van der Waals surface area contributed by atoms with Gasteiger partial charge in [0, 0.05) is 18.6 Å². The van der Waals surface area contributed by atoms with Crippen LogP contribution < -0.4 is 5.32 Å². The zero-order chi connectivity index (χ0) is 16.4. The average Bonchev–Trinajstić information content (AvgIpc) is 3.31. The SMILES string of the molecule is CC.CC.CC1CCNC1.c1cn2c(cnc3[nH]ccc32)n1. The Morgan fingerprint density at radius 1 is 1.18 bits per heavy atom. The second kappa shape index (κ2) is 9.95. The molecule has 4 rings (SSSR count). The van der Waals surface area contributed by atoms with Crippen LogP contribution in [0.1, 0.15) is 41.0 Å².